The number of likely N-dealkylation sites (tertiary alicyclic amines) is 1. The van der Waals surface area contributed by atoms with Crippen LogP contribution in [0.2, 0.25) is 0 Å². The minimum absolute atomic E-state index is 0.0413. The number of aliphatic hydroxyl groups is 1. The number of hydrogen-bond donors (Lipinski definition) is 1. The van der Waals surface area contributed by atoms with Gasteiger partial charge in [-0.1, -0.05) is 25.5 Å². The zero-order valence-electron chi connectivity index (χ0n) is 16.1. The summed E-state index contributed by atoms with van der Waals surface area (Å²) in [6.07, 6.45) is 7.06. The Morgan fingerprint density at radius 1 is 1.44 bits per heavy atom. The molecule has 2 aliphatic rings. The fourth-order valence-corrected chi connectivity index (χ4v) is 4.36. The van der Waals surface area contributed by atoms with Crippen LogP contribution in [0.5, 0.6) is 0 Å². The second kappa shape index (κ2) is 6.60. The molecule has 1 aromatic rings. The molecule has 1 N–H and O–H groups in total. The molecule has 1 amide bonds. The van der Waals surface area contributed by atoms with Gasteiger partial charge in [0.2, 0.25) is 5.91 Å². The third-order valence-corrected chi connectivity index (χ3v) is 6.03. The van der Waals surface area contributed by atoms with Crippen molar-refractivity contribution >= 4 is 5.91 Å². The monoisotopic (exact) mass is 345 g/mol. The highest BCUT2D eigenvalue weighted by Gasteiger charge is 2.61. The van der Waals surface area contributed by atoms with Gasteiger partial charge in [-0.15, -0.1) is 0 Å². The Labute approximate surface area is 150 Å². The maximum atomic E-state index is 13.1. The lowest BCUT2D eigenvalue weighted by Crippen LogP contribution is -2.43. The fourth-order valence-electron chi connectivity index (χ4n) is 4.36. The molecule has 1 saturated heterocycles. The molecular weight excluding hydrogens is 314 g/mol. The Hall–Kier alpha value is -1.62. The summed E-state index contributed by atoms with van der Waals surface area (Å²) < 4.78 is 1.86. The summed E-state index contributed by atoms with van der Waals surface area (Å²) >= 11 is 0. The maximum Gasteiger partial charge on any atom is 0.226 e. The fraction of sp³-hybridized carbons (Fsp3) is 0.700. The maximum absolute atomic E-state index is 13.1. The second-order valence-corrected chi connectivity index (χ2v) is 8.60. The van der Waals surface area contributed by atoms with Gasteiger partial charge in [-0.25, -0.2) is 4.98 Å². The summed E-state index contributed by atoms with van der Waals surface area (Å²) in [5, 5.41) is 10.7. The molecule has 1 aliphatic carbocycles. The van der Waals surface area contributed by atoms with Gasteiger partial charge in [0.1, 0.15) is 11.9 Å². The van der Waals surface area contributed by atoms with Crippen molar-refractivity contribution in [3.8, 4) is 0 Å². The lowest BCUT2D eigenvalue weighted by molar-refractivity contribution is -0.136. The molecule has 3 rings (SSSR count). The molecule has 25 heavy (non-hydrogen) atoms. The van der Waals surface area contributed by atoms with Crippen LogP contribution in [0.3, 0.4) is 0 Å². The normalized spacial score (nSPS) is 29.2. The number of allylic oxidation sites excluding steroid dienone is 2. The summed E-state index contributed by atoms with van der Waals surface area (Å²) in [7, 11) is 1.90. The summed E-state index contributed by atoms with van der Waals surface area (Å²) in [6.45, 7) is 9.98. The molecule has 0 bridgehead atoms. The van der Waals surface area contributed by atoms with E-state index in [1.807, 2.05) is 22.7 Å². The van der Waals surface area contributed by atoms with Gasteiger partial charge in [-0.3, -0.25) is 4.79 Å². The molecule has 138 valence electrons. The molecule has 4 unspecified atom stereocenters. The number of carbonyl (C=O) groups excluding carboxylic acids is 1. The number of aryl methyl sites for hydroxylation is 1. The van der Waals surface area contributed by atoms with Gasteiger partial charge in [0.05, 0.1) is 5.92 Å². The van der Waals surface area contributed by atoms with Crippen LogP contribution in [0.4, 0.5) is 0 Å². The van der Waals surface area contributed by atoms with E-state index in [1.165, 1.54) is 5.57 Å². The van der Waals surface area contributed by atoms with Crippen LogP contribution in [0, 0.1) is 23.2 Å². The smallest absolute Gasteiger partial charge is 0.226 e. The van der Waals surface area contributed by atoms with E-state index in [0.717, 1.165) is 19.4 Å². The van der Waals surface area contributed by atoms with Crippen LogP contribution >= 0.6 is 0 Å². The average Bonchev–Trinajstić information content (AvgIpc) is 2.89. The molecule has 1 saturated carbocycles. The predicted octanol–water partition coefficient (Wildman–Crippen LogP) is 2.93. The first kappa shape index (κ1) is 18.2. The van der Waals surface area contributed by atoms with Gasteiger partial charge in [0.25, 0.3) is 0 Å². The molecule has 2 fully saturated rings. The Morgan fingerprint density at radius 3 is 2.76 bits per heavy atom. The summed E-state index contributed by atoms with van der Waals surface area (Å²) in [6, 6.07) is 0. The molecule has 1 aromatic heterocycles. The Kier molecular flexibility index (Phi) is 4.80. The highest BCUT2D eigenvalue weighted by Crippen LogP contribution is 2.60. The molecule has 2 heterocycles. The van der Waals surface area contributed by atoms with Crippen LogP contribution < -0.4 is 0 Å². The van der Waals surface area contributed by atoms with Crippen molar-refractivity contribution in [2.24, 2.45) is 30.2 Å². The zero-order valence-corrected chi connectivity index (χ0v) is 16.1. The van der Waals surface area contributed by atoms with E-state index in [-0.39, 0.29) is 23.2 Å². The number of aromatic nitrogens is 2. The van der Waals surface area contributed by atoms with Crippen LogP contribution in [-0.2, 0) is 11.8 Å². The SMILES string of the molecule is CC(C)=CC1C(C(=O)N2CCCC(C(O)c3nccn3C)C2)C1(C)C. The number of amides is 1. The molecule has 0 spiro atoms. The van der Waals surface area contributed by atoms with E-state index in [2.05, 4.69) is 38.8 Å². The number of hydrogen-bond acceptors (Lipinski definition) is 3. The largest absolute Gasteiger partial charge is 0.385 e. The van der Waals surface area contributed by atoms with E-state index >= 15 is 0 Å². The summed E-state index contributed by atoms with van der Waals surface area (Å²) in [4.78, 5) is 19.3. The molecule has 5 heteroatoms. The van der Waals surface area contributed by atoms with E-state index in [1.54, 1.807) is 6.20 Å². The van der Waals surface area contributed by atoms with Crippen molar-refractivity contribution in [1.82, 2.24) is 14.5 Å². The Bertz CT molecular complexity index is 672. The molecule has 4 atom stereocenters. The highest BCUT2D eigenvalue weighted by atomic mass is 16.3. The van der Waals surface area contributed by atoms with Gasteiger partial charge >= 0.3 is 0 Å². The number of imidazole rings is 1. The predicted molar refractivity (Wildman–Crippen MR) is 97.7 cm³/mol. The van der Waals surface area contributed by atoms with Crippen LogP contribution in [-0.4, -0.2) is 38.6 Å². The van der Waals surface area contributed by atoms with E-state index in [0.29, 0.717) is 18.3 Å². The third kappa shape index (κ3) is 3.39. The second-order valence-electron chi connectivity index (χ2n) is 8.60. The van der Waals surface area contributed by atoms with E-state index in [9.17, 15) is 9.90 Å². The molecular formula is C20H31N3O2. The van der Waals surface area contributed by atoms with Crippen LogP contribution in [0.1, 0.15) is 52.5 Å². The minimum Gasteiger partial charge on any atom is -0.385 e. The van der Waals surface area contributed by atoms with E-state index < -0.39 is 6.10 Å². The first-order valence-electron chi connectivity index (χ1n) is 9.32. The van der Waals surface area contributed by atoms with Gasteiger partial charge in [0.15, 0.2) is 0 Å². The first-order chi connectivity index (χ1) is 11.7. The van der Waals surface area contributed by atoms with Crippen LogP contribution in [0.25, 0.3) is 0 Å². The standard InChI is InChI=1S/C20H31N3O2/c1-13(2)11-15-16(20(15,3)4)19(25)23-9-6-7-14(12-23)17(24)18-21-8-10-22(18)5/h8,10-11,14-17,24H,6-7,9,12H2,1-5H3. The number of piperidine rings is 1. The molecule has 0 aromatic carbocycles. The van der Waals surface area contributed by atoms with Crippen molar-refractivity contribution < 1.29 is 9.90 Å². The Balaban J connectivity index is 1.69. The van der Waals surface area contributed by atoms with Crippen molar-refractivity contribution in [1.29, 1.82) is 0 Å². The summed E-state index contributed by atoms with van der Waals surface area (Å²) in [5.41, 5.74) is 1.31. The van der Waals surface area contributed by atoms with Gasteiger partial charge in [-0.2, -0.15) is 0 Å². The summed E-state index contributed by atoms with van der Waals surface area (Å²) in [5.74, 6) is 1.41. The third-order valence-electron chi connectivity index (χ3n) is 6.03. The number of aliphatic hydroxyl groups excluding tert-OH is 1. The average molecular weight is 345 g/mol. The quantitative estimate of drug-likeness (QED) is 0.854. The minimum atomic E-state index is -0.614. The van der Waals surface area contributed by atoms with Crippen molar-refractivity contribution in [2.45, 2.75) is 46.6 Å². The van der Waals surface area contributed by atoms with Crippen molar-refractivity contribution in [2.75, 3.05) is 13.1 Å². The van der Waals surface area contributed by atoms with E-state index in [4.69, 9.17) is 0 Å². The molecule has 1 aliphatic heterocycles. The number of carbonyl (C=O) groups is 1. The van der Waals surface area contributed by atoms with Crippen molar-refractivity contribution in [3.63, 3.8) is 0 Å². The Morgan fingerprint density at radius 2 is 2.16 bits per heavy atom. The van der Waals surface area contributed by atoms with Crippen LogP contribution in [0.15, 0.2) is 24.0 Å². The molecule has 0 radical (unpaired) electrons. The topological polar surface area (TPSA) is 58.4 Å². The highest BCUT2D eigenvalue weighted by molar-refractivity contribution is 5.84. The molecule has 5 nitrogen and oxygen atoms in total. The van der Waals surface area contributed by atoms with Gasteiger partial charge in [-0.05, 0) is 38.0 Å². The first-order valence-corrected chi connectivity index (χ1v) is 9.32. The number of rotatable bonds is 4. The zero-order chi connectivity index (χ0) is 18.4. The lowest BCUT2D eigenvalue weighted by Gasteiger charge is -2.35. The van der Waals surface area contributed by atoms with Crippen molar-refractivity contribution in [3.05, 3.63) is 29.9 Å². The van der Waals surface area contributed by atoms with Gasteiger partial charge in [0, 0.05) is 38.4 Å². The van der Waals surface area contributed by atoms with Gasteiger partial charge < -0.3 is 14.6 Å². The lowest BCUT2D eigenvalue weighted by atomic mass is 9.91. The number of nitrogens with zero attached hydrogens (tertiary/aromatic N) is 3.